The number of carbonyl (C=O) groups is 1. The van der Waals surface area contributed by atoms with Crippen LogP contribution in [-0.2, 0) is 19.4 Å². The van der Waals surface area contributed by atoms with E-state index in [0.717, 1.165) is 30.4 Å². The molecule has 8 heteroatoms. The summed E-state index contributed by atoms with van der Waals surface area (Å²) in [6, 6.07) is 6.51. The van der Waals surface area contributed by atoms with Gasteiger partial charge in [0, 0.05) is 25.0 Å². The molecule has 2 aromatic rings. The molecule has 0 bridgehead atoms. The summed E-state index contributed by atoms with van der Waals surface area (Å²) in [7, 11) is 2.00. The molecule has 0 radical (unpaired) electrons. The van der Waals surface area contributed by atoms with Crippen molar-refractivity contribution in [2.24, 2.45) is 4.99 Å². The maximum absolute atomic E-state index is 12.2. The van der Waals surface area contributed by atoms with Crippen LogP contribution in [0.15, 0.2) is 29.3 Å². The number of amides is 1. The fourth-order valence-corrected chi connectivity index (χ4v) is 4.52. The van der Waals surface area contributed by atoms with Crippen molar-refractivity contribution in [1.29, 1.82) is 0 Å². The number of guanidine groups is 1. The van der Waals surface area contributed by atoms with Gasteiger partial charge < -0.3 is 20.6 Å². The quantitative estimate of drug-likeness (QED) is 0.367. The molecule has 1 aliphatic carbocycles. The molecule has 0 saturated heterocycles. The lowest BCUT2D eigenvalue weighted by molar-refractivity contribution is 0.0952. The van der Waals surface area contributed by atoms with Crippen LogP contribution in [0, 0.1) is 0 Å². The number of para-hydroxylation sites is 1. The lowest BCUT2D eigenvalue weighted by Crippen LogP contribution is -2.39. The lowest BCUT2D eigenvalue weighted by Gasteiger charge is -2.21. The number of aromatic hydroxyl groups is 1. The van der Waals surface area contributed by atoms with Crippen LogP contribution in [0.4, 0.5) is 0 Å². The first-order valence-electron chi connectivity index (χ1n) is 10.1. The molecule has 29 heavy (non-hydrogen) atoms. The summed E-state index contributed by atoms with van der Waals surface area (Å²) >= 11 is 1.81. The van der Waals surface area contributed by atoms with Gasteiger partial charge in [-0.25, -0.2) is 4.98 Å². The number of aliphatic imine (C=N–C) groups is 1. The second-order valence-corrected chi connectivity index (χ2v) is 8.22. The van der Waals surface area contributed by atoms with Crippen LogP contribution in [-0.4, -0.2) is 53.5 Å². The molecule has 1 aromatic heterocycles. The number of carbonyl (C=O) groups excluding carboxylic acids is 1. The summed E-state index contributed by atoms with van der Waals surface area (Å²) < 4.78 is 0. The first kappa shape index (κ1) is 21.1. The van der Waals surface area contributed by atoms with Crippen molar-refractivity contribution in [3.8, 4) is 5.75 Å². The molecule has 7 nitrogen and oxygen atoms in total. The Labute approximate surface area is 175 Å². The van der Waals surface area contributed by atoms with E-state index in [1.54, 1.807) is 18.2 Å². The number of nitrogens with zero attached hydrogens (tertiary/aromatic N) is 3. The molecule has 0 fully saturated rings. The zero-order chi connectivity index (χ0) is 20.6. The SMILES string of the molecule is CCNC(=NCCNC(=O)c1ccccc1O)N(C)Cc1nc2c(s1)CCCC2. The van der Waals surface area contributed by atoms with Gasteiger partial charge in [0.1, 0.15) is 10.8 Å². The molecule has 1 aliphatic rings. The van der Waals surface area contributed by atoms with Gasteiger partial charge in [0.2, 0.25) is 0 Å². The highest BCUT2D eigenvalue weighted by Crippen LogP contribution is 2.27. The maximum atomic E-state index is 12.2. The molecule has 156 valence electrons. The topological polar surface area (TPSA) is 89.8 Å². The molecule has 3 N–H and O–H groups in total. The van der Waals surface area contributed by atoms with Gasteiger partial charge in [-0.2, -0.15) is 0 Å². The Morgan fingerprint density at radius 3 is 2.83 bits per heavy atom. The Morgan fingerprint density at radius 1 is 1.28 bits per heavy atom. The molecule has 0 saturated carbocycles. The van der Waals surface area contributed by atoms with E-state index in [9.17, 15) is 9.90 Å². The van der Waals surface area contributed by atoms with Crippen molar-refractivity contribution in [2.45, 2.75) is 39.2 Å². The van der Waals surface area contributed by atoms with Crippen molar-refractivity contribution in [1.82, 2.24) is 20.5 Å². The number of phenolic OH excluding ortho intramolecular Hbond substituents is 1. The average Bonchev–Trinajstić information content (AvgIpc) is 3.12. The fraction of sp³-hybridized carbons (Fsp3) is 0.476. The summed E-state index contributed by atoms with van der Waals surface area (Å²) in [5.74, 6) is 0.468. The molecule has 0 unspecified atom stereocenters. The summed E-state index contributed by atoms with van der Waals surface area (Å²) in [6.07, 6.45) is 4.76. The Kier molecular flexibility index (Phi) is 7.46. The molecule has 0 spiro atoms. The third-order valence-electron chi connectivity index (χ3n) is 4.77. The molecular weight excluding hydrogens is 386 g/mol. The highest BCUT2D eigenvalue weighted by atomic mass is 32.1. The average molecular weight is 416 g/mol. The number of hydrogen-bond donors (Lipinski definition) is 3. The summed E-state index contributed by atoms with van der Waals surface area (Å²) in [6.45, 7) is 4.35. The van der Waals surface area contributed by atoms with E-state index < -0.39 is 0 Å². The van der Waals surface area contributed by atoms with Gasteiger partial charge >= 0.3 is 0 Å². The zero-order valence-electron chi connectivity index (χ0n) is 17.1. The lowest BCUT2D eigenvalue weighted by atomic mass is 10.0. The summed E-state index contributed by atoms with van der Waals surface area (Å²) in [4.78, 5) is 25.1. The number of aryl methyl sites for hydroxylation is 2. The standard InChI is InChI=1S/C21H29N5O2S/c1-3-22-21(24-13-12-23-20(28)15-8-4-6-10-17(15)27)26(2)14-19-25-16-9-5-7-11-18(16)29-19/h4,6,8,10,27H,3,5,7,9,11-14H2,1-2H3,(H,22,24)(H,23,28). The molecule has 1 amide bonds. The van der Waals surface area contributed by atoms with Gasteiger partial charge in [-0.1, -0.05) is 12.1 Å². The van der Waals surface area contributed by atoms with E-state index in [2.05, 4.69) is 20.5 Å². The van der Waals surface area contributed by atoms with E-state index in [1.165, 1.54) is 29.5 Å². The van der Waals surface area contributed by atoms with Crippen LogP contribution in [0.25, 0.3) is 0 Å². The van der Waals surface area contributed by atoms with Crippen molar-refractivity contribution < 1.29 is 9.90 Å². The predicted octanol–water partition coefficient (Wildman–Crippen LogP) is 2.55. The third-order valence-corrected chi connectivity index (χ3v) is 5.91. The van der Waals surface area contributed by atoms with E-state index in [1.807, 2.05) is 25.3 Å². The van der Waals surface area contributed by atoms with Crippen LogP contribution in [0.5, 0.6) is 5.75 Å². The van der Waals surface area contributed by atoms with E-state index in [4.69, 9.17) is 4.98 Å². The van der Waals surface area contributed by atoms with Crippen LogP contribution >= 0.6 is 11.3 Å². The Hall–Kier alpha value is -2.61. The minimum absolute atomic E-state index is 0.0206. The smallest absolute Gasteiger partial charge is 0.255 e. The maximum Gasteiger partial charge on any atom is 0.255 e. The highest BCUT2D eigenvalue weighted by Gasteiger charge is 2.17. The molecule has 1 heterocycles. The Balaban J connectivity index is 1.54. The van der Waals surface area contributed by atoms with Gasteiger partial charge in [0.25, 0.3) is 5.91 Å². The normalized spacial score (nSPS) is 13.7. The molecule has 3 rings (SSSR count). The minimum atomic E-state index is -0.301. The highest BCUT2D eigenvalue weighted by molar-refractivity contribution is 7.11. The number of phenols is 1. The first-order chi connectivity index (χ1) is 14.1. The number of benzene rings is 1. The van der Waals surface area contributed by atoms with Crippen molar-refractivity contribution in [2.75, 3.05) is 26.7 Å². The number of nitrogens with one attached hydrogen (secondary N) is 2. The number of thiazole rings is 1. The van der Waals surface area contributed by atoms with Crippen LogP contribution < -0.4 is 10.6 Å². The summed E-state index contributed by atoms with van der Waals surface area (Å²) in [5.41, 5.74) is 1.55. The summed E-state index contributed by atoms with van der Waals surface area (Å²) in [5, 5.41) is 17.0. The van der Waals surface area contributed by atoms with E-state index in [0.29, 0.717) is 19.6 Å². The fourth-order valence-electron chi connectivity index (χ4n) is 3.31. The molecule has 0 aliphatic heterocycles. The van der Waals surface area contributed by atoms with Gasteiger partial charge in [0.05, 0.1) is 24.3 Å². The van der Waals surface area contributed by atoms with Gasteiger partial charge in [-0.05, 0) is 44.7 Å². The van der Waals surface area contributed by atoms with Gasteiger partial charge in [0.15, 0.2) is 5.96 Å². The Morgan fingerprint density at radius 2 is 2.07 bits per heavy atom. The number of aromatic nitrogens is 1. The number of fused-ring (bicyclic) bond motifs is 1. The number of rotatable bonds is 7. The van der Waals surface area contributed by atoms with Crippen molar-refractivity contribution >= 4 is 23.2 Å². The molecule has 0 atom stereocenters. The van der Waals surface area contributed by atoms with Crippen molar-refractivity contribution in [3.63, 3.8) is 0 Å². The second-order valence-electron chi connectivity index (χ2n) is 7.05. The zero-order valence-corrected chi connectivity index (χ0v) is 17.9. The van der Waals surface area contributed by atoms with Crippen LogP contribution in [0.1, 0.15) is 45.7 Å². The third kappa shape index (κ3) is 5.69. The van der Waals surface area contributed by atoms with Gasteiger partial charge in [-0.3, -0.25) is 9.79 Å². The predicted molar refractivity (Wildman–Crippen MR) is 117 cm³/mol. The monoisotopic (exact) mass is 415 g/mol. The number of hydrogen-bond acceptors (Lipinski definition) is 5. The largest absolute Gasteiger partial charge is 0.507 e. The minimum Gasteiger partial charge on any atom is -0.507 e. The second kappa shape index (κ2) is 10.2. The van der Waals surface area contributed by atoms with Gasteiger partial charge in [-0.15, -0.1) is 11.3 Å². The Bertz CT molecular complexity index is 841. The van der Waals surface area contributed by atoms with E-state index >= 15 is 0 Å². The molecular formula is C21H29N5O2S. The van der Waals surface area contributed by atoms with Crippen LogP contribution in [0.2, 0.25) is 0 Å². The molecule has 1 aromatic carbocycles. The van der Waals surface area contributed by atoms with Crippen LogP contribution in [0.3, 0.4) is 0 Å². The van der Waals surface area contributed by atoms with Crippen molar-refractivity contribution in [3.05, 3.63) is 45.4 Å². The van der Waals surface area contributed by atoms with E-state index in [-0.39, 0.29) is 17.2 Å². The first-order valence-corrected chi connectivity index (χ1v) is 10.9.